The molecule has 0 amide bonds. The van der Waals surface area contributed by atoms with Crippen LogP contribution >= 0.6 is 0 Å². The molecule has 0 saturated carbocycles. The monoisotopic (exact) mass is 337 g/mol. The number of rotatable bonds is 7. The van der Waals surface area contributed by atoms with Gasteiger partial charge in [0.2, 0.25) is 5.95 Å². The molecule has 0 aliphatic carbocycles. The molecule has 0 bridgehead atoms. The second kappa shape index (κ2) is 7.81. The Balaban J connectivity index is 1.87. The zero-order valence-electron chi connectivity index (χ0n) is 14.5. The zero-order valence-corrected chi connectivity index (χ0v) is 14.5. The quantitative estimate of drug-likeness (QED) is 0.575. The minimum absolute atomic E-state index is 0.152. The molecule has 0 aliphatic rings. The predicted octanol–water partition coefficient (Wildman–Crippen LogP) is 3.23. The first-order chi connectivity index (χ1) is 12.2. The van der Waals surface area contributed by atoms with E-state index in [0.717, 1.165) is 28.1 Å². The number of hydrogen-bond donors (Lipinski definition) is 3. The van der Waals surface area contributed by atoms with Crippen LogP contribution in [0.2, 0.25) is 0 Å². The number of anilines is 4. The molecule has 6 nitrogen and oxygen atoms in total. The number of benzene rings is 2. The molecule has 1 aromatic heterocycles. The van der Waals surface area contributed by atoms with Crippen LogP contribution in [0.25, 0.3) is 10.9 Å². The lowest BCUT2D eigenvalue weighted by Gasteiger charge is -2.14. The molecule has 0 radical (unpaired) electrons. The molecule has 25 heavy (non-hydrogen) atoms. The Kier molecular flexibility index (Phi) is 5.30. The molecule has 130 valence electrons. The van der Waals surface area contributed by atoms with Crippen LogP contribution in [-0.2, 0) is 0 Å². The van der Waals surface area contributed by atoms with Gasteiger partial charge in [-0.2, -0.15) is 4.98 Å². The summed E-state index contributed by atoms with van der Waals surface area (Å²) in [5.41, 5.74) is 2.94. The Morgan fingerprint density at radius 1 is 1.00 bits per heavy atom. The molecule has 1 heterocycles. The summed E-state index contributed by atoms with van der Waals surface area (Å²) < 4.78 is 0. The fraction of sp³-hybridized carbons (Fsp3) is 0.263. The van der Waals surface area contributed by atoms with E-state index in [1.807, 2.05) is 62.6 Å². The van der Waals surface area contributed by atoms with Gasteiger partial charge >= 0.3 is 0 Å². The Morgan fingerprint density at radius 2 is 1.76 bits per heavy atom. The van der Waals surface area contributed by atoms with Gasteiger partial charge in [0.25, 0.3) is 0 Å². The number of aliphatic hydroxyl groups excluding tert-OH is 1. The van der Waals surface area contributed by atoms with Crippen LogP contribution in [-0.4, -0.2) is 42.3 Å². The van der Waals surface area contributed by atoms with Gasteiger partial charge in [-0.1, -0.05) is 12.1 Å². The number of aliphatic hydroxyl groups is 1. The maximum Gasteiger partial charge on any atom is 0.229 e. The van der Waals surface area contributed by atoms with Crippen molar-refractivity contribution in [3.63, 3.8) is 0 Å². The highest BCUT2D eigenvalue weighted by molar-refractivity contribution is 5.90. The van der Waals surface area contributed by atoms with Crippen molar-refractivity contribution < 1.29 is 5.11 Å². The van der Waals surface area contributed by atoms with E-state index in [4.69, 9.17) is 5.11 Å². The molecule has 3 rings (SSSR count). The highest BCUT2D eigenvalue weighted by Crippen LogP contribution is 2.24. The van der Waals surface area contributed by atoms with Gasteiger partial charge in [-0.25, -0.2) is 4.98 Å². The van der Waals surface area contributed by atoms with Crippen LogP contribution in [0.5, 0.6) is 0 Å². The van der Waals surface area contributed by atoms with Crippen LogP contribution in [0.1, 0.15) is 6.42 Å². The van der Waals surface area contributed by atoms with E-state index in [9.17, 15) is 0 Å². The molecule has 2 aromatic carbocycles. The molecule has 0 atom stereocenters. The first kappa shape index (κ1) is 17.0. The number of hydrogen-bond acceptors (Lipinski definition) is 6. The summed E-state index contributed by atoms with van der Waals surface area (Å²) in [7, 11) is 4.03. The summed E-state index contributed by atoms with van der Waals surface area (Å²) in [4.78, 5) is 11.3. The average molecular weight is 337 g/mol. The number of nitrogens with zero attached hydrogens (tertiary/aromatic N) is 3. The van der Waals surface area contributed by atoms with Gasteiger partial charge in [0.15, 0.2) is 0 Å². The molecule has 6 heteroatoms. The van der Waals surface area contributed by atoms with Crippen molar-refractivity contribution in [3.05, 3.63) is 48.5 Å². The minimum atomic E-state index is 0.152. The molecule has 3 N–H and O–H groups in total. The number of fused-ring (bicyclic) bond motifs is 1. The Hall–Kier alpha value is -2.86. The SMILES string of the molecule is CN(C)c1ccc(Nc2nc(NCCCO)c3ccccc3n2)cc1. The molecule has 0 spiro atoms. The highest BCUT2D eigenvalue weighted by atomic mass is 16.3. The standard InChI is InChI=1S/C19H23N5O/c1-24(2)15-10-8-14(9-11-15)21-19-22-17-7-4-3-6-16(17)18(23-19)20-12-5-13-25/h3-4,6-11,25H,5,12-13H2,1-2H3,(H2,20,21,22,23). The smallest absolute Gasteiger partial charge is 0.229 e. The maximum absolute atomic E-state index is 8.98. The van der Waals surface area contributed by atoms with Crippen molar-refractivity contribution in [2.24, 2.45) is 0 Å². The van der Waals surface area contributed by atoms with E-state index in [1.54, 1.807) is 0 Å². The van der Waals surface area contributed by atoms with Gasteiger partial charge in [-0.05, 0) is 42.8 Å². The highest BCUT2D eigenvalue weighted by Gasteiger charge is 2.07. The molecular weight excluding hydrogens is 314 g/mol. The Morgan fingerprint density at radius 3 is 2.48 bits per heavy atom. The molecule has 0 saturated heterocycles. The third kappa shape index (κ3) is 4.16. The second-order valence-corrected chi connectivity index (χ2v) is 5.98. The fourth-order valence-electron chi connectivity index (χ4n) is 2.53. The minimum Gasteiger partial charge on any atom is -0.396 e. The van der Waals surface area contributed by atoms with E-state index in [1.165, 1.54) is 0 Å². The number of para-hydroxylation sites is 1. The molecule has 0 unspecified atom stereocenters. The number of aromatic nitrogens is 2. The zero-order chi connectivity index (χ0) is 17.6. The predicted molar refractivity (Wildman–Crippen MR) is 104 cm³/mol. The number of nitrogens with one attached hydrogen (secondary N) is 2. The lowest BCUT2D eigenvalue weighted by molar-refractivity contribution is 0.292. The summed E-state index contributed by atoms with van der Waals surface area (Å²) in [5, 5.41) is 16.5. The van der Waals surface area contributed by atoms with Crippen LogP contribution in [0, 0.1) is 0 Å². The van der Waals surface area contributed by atoms with Crippen LogP contribution < -0.4 is 15.5 Å². The topological polar surface area (TPSA) is 73.3 Å². The van der Waals surface area contributed by atoms with Crippen molar-refractivity contribution in [1.82, 2.24) is 9.97 Å². The lowest BCUT2D eigenvalue weighted by atomic mass is 10.2. The van der Waals surface area contributed by atoms with Gasteiger partial charge < -0.3 is 20.6 Å². The van der Waals surface area contributed by atoms with Crippen LogP contribution in [0.4, 0.5) is 23.1 Å². The summed E-state index contributed by atoms with van der Waals surface area (Å²) in [6, 6.07) is 16.0. The van der Waals surface area contributed by atoms with E-state index in [-0.39, 0.29) is 6.61 Å². The van der Waals surface area contributed by atoms with Gasteiger partial charge in [0.1, 0.15) is 5.82 Å². The van der Waals surface area contributed by atoms with Crippen LogP contribution in [0.15, 0.2) is 48.5 Å². The van der Waals surface area contributed by atoms with E-state index in [0.29, 0.717) is 18.9 Å². The first-order valence-corrected chi connectivity index (χ1v) is 8.33. The first-order valence-electron chi connectivity index (χ1n) is 8.33. The van der Waals surface area contributed by atoms with Crippen molar-refractivity contribution in [2.45, 2.75) is 6.42 Å². The van der Waals surface area contributed by atoms with Gasteiger partial charge in [-0.15, -0.1) is 0 Å². The van der Waals surface area contributed by atoms with Crippen molar-refractivity contribution in [2.75, 3.05) is 42.8 Å². The summed E-state index contributed by atoms with van der Waals surface area (Å²) in [6.45, 7) is 0.813. The van der Waals surface area contributed by atoms with E-state index in [2.05, 4.69) is 25.5 Å². The summed E-state index contributed by atoms with van der Waals surface area (Å²) in [5.74, 6) is 1.31. The maximum atomic E-state index is 8.98. The van der Waals surface area contributed by atoms with Crippen molar-refractivity contribution in [1.29, 1.82) is 0 Å². The van der Waals surface area contributed by atoms with Crippen molar-refractivity contribution in [3.8, 4) is 0 Å². The van der Waals surface area contributed by atoms with Crippen LogP contribution in [0.3, 0.4) is 0 Å². The van der Waals surface area contributed by atoms with Crippen molar-refractivity contribution >= 4 is 34.0 Å². The fourth-order valence-corrected chi connectivity index (χ4v) is 2.53. The van der Waals surface area contributed by atoms with Gasteiger partial charge in [0, 0.05) is 44.0 Å². The average Bonchev–Trinajstić information content (AvgIpc) is 2.62. The van der Waals surface area contributed by atoms with E-state index < -0.39 is 0 Å². The summed E-state index contributed by atoms with van der Waals surface area (Å²) >= 11 is 0. The normalized spacial score (nSPS) is 10.7. The van der Waals surface area contributed by atoms with Gasteiger partial charge in [0.05, 0.1) is 5.52 Å². The van der Waals surface area contributed by atoms with E-state index >= 15 is 0 Å². The second-order valence-electron chi connectivity index (χ2n) is 5.98. The third-order valence-corrected chi connectivity index (χ3v) is 3.87. The Labute approximate surface area is 147 Å². The molecular formula is C19H23N5O. The largest absolute Gasteiger partial charge is 0.396 e. The molecule has 0 fully saturated rings. The molecule has 0 aliphatic heterocycles. The third-order valence-electron chi connectivity index (χ3n) is 3.87. The lowest BCUT2D eigenvalue weighted by Crippen LogP contribution is -2.09. The van der Waals surface area contributed by atoms with Gasteiger partial charge in [-0.3, -0.25) is 0 Å². The Bertz CT molecular complexity index is 833. The molecule has 3 aromatic rings. The summed E-state index contributed by atoms with van der Waals surface area (Å²) in [6.07, 6.45) is 0.674.